The van der Waals surface area contributed by atoms with E-state index in [1.165, 1.54) is 49.7 Å². The van der Waals surface area contributed by atoms with Gasteiger partial charge >= 0.3 is 0 Å². The summed E-state index contributed by atoms with van der Waals surface area (Å²) < 4.78 is 0. The maximum atomic E-state index is 3.28. The molecule has 0 aliphatic carbocycles. The van der Waals surface area contributed by atoms with E-state index in [9.17, 15) is 0 Å². The minimum Gasteiger partial charge on any atom is -0.0654 e. The minimum atomic E-state index is 0.795. The van der Waals surface area contributed by atoms with Crippen molar-refractivity contribution >= 4 is 0 Å². The van der Waals surface area contributed by atoms with Crippen LogP contribution in [0.25, 0.3) is 0 Å². The second kappa shape index (κ2) is 9.99. The number of rotatable bonds is 7. The van der Waals surface area contributed by atoms with Gasteiger partial charge in [-0.3, -0.25) is 0 Å². The minimum absolute atomic E-state index is 0.795. The lowest BCUT2D eigenvalue weighted by Gasteiger charge is -2.04. The highest BCUT2D eigenvalue weighted by atomic mass is 14.0. The van der Waals surface area contributed by atoms with Gasteiger partial charge in [-0.15, -0.1) is 0 Å². The van der Waals surface area contributed by atoms with Crippen molar-refractivity contribution in [2.45, 2.75) is 59.3 Å². The number of unbranched alkanes of at least 4 members (excludes halogenated alkanes) is 1. The average molecular weight is 319 g/mol. The maximum absolute atomic E-state index is 3.28. The lowest BCUT2D eigenvalue weighted by molar-refractivity contribution is 0.556. The molecule has 0 saturated carbocycles. The van der Waals surface area contributed by atoms with E-state index in [4.69, 9.17) is 0 Å². The van der Waals surface area contributed by atoms with Crippen LogP contribution in [0, 0.1) is 17.8 Å². The Labute approximate surface area is 148 Å². The normalized spacial score (nSPS) is 10.5. The van der Waals surface area contributed by atoms with Crippen molar-refractivity contribution in [2.75, 3.05) is 0 Å². The zero-order chi connectivity index (χ0) is 17.2. The van der Waals surface area contributed by atoms with Gasteiger partial charge in [0.2, 0.25) is 0 Å². The van der Waals surface area contributed by atoms with Gasteiger partial charge in [-0.05, 0) is 67.0 Å². The molecular formula is C24H30. The molecule has 0 radical (unpaired) electrons. The molecule has 2 aromatic carbocycles. The molecule has 0 aliphatic heterocycles. The predicted molar refractivity (Wildman–Crippen MR) is 105 cm³/mol. The molecule has 24 heavy (non-hydrogen) atoms. The summed E-state index contributed by atoms with van der Waals surface area (Å²) in [6.07, 6.45) is 7.42. The summed E-state index contributed by atoms with van der Waals surface area (Å²) in [6.45, 7) is 6.81. The number of benzene rings is 2. The SMILES string of the molecule is CCCCc1ccc(C#Cc2ccc(CCCC(C)C)cc2)cc1. The fourth-order valence-electron chi connectivity index (χ4n) is 2.75. The molecular weight excluding hydrogens is 288 g/mol. The third-order valence-corrected chi connectivity index (χ3v) is 4.32. The molecule has 0 spiro atoms. The van der Waals surface area contributed by atoms with E-state index in [-0.39, 0.29) is 0 Å². The van der Waals surface area contributed by atoms with Crippen molar-refractivity contribution in [3.63, 3.8) is 0 Å². The Morgan fingerprint density at radius 2 is 1.17 bits per heavy atom. The van der Waals surface area contributed by atoms with Crippen LogP contribution in [0.3, 0.4) is 0 Å². The third kappa shape index (κ3) is 6.63. The van der Waals surface area contributed by atoms with Gasteiger partial charge in [-0.25, -0.2) is 0 Å². The Morgan fingerprint density at radius 1 is 0.708 bits per heavy atom. The van der Waals surface area contributed by atoms with E-state index in [0.717, 1.165) is 17.0 Å². The summed E-state index contributed by atoms with van der Waals surface area (Å²) in [5.41, 5.74) is 5.02. The highest BCUT2D eigenvalue weighted by Crippen LogP contribution is 2.11. The molecule has 0 nitrogen and oxygen atoms in total. The largest absolute Gasteiger partial charge is 0.0654 e. The van der Waals surface area contributed by atoms with Crippen molar-refractivity contribution in [3.8, 4) is 11.8 Å². The number of hydrogen-bond acceptors (Lipinski definition) is 0. The zero-order valence-electron chi connectivity index (χ0n) is 15.4. The average Bonchev–Trinajstić information content (AvgIpc) is 2.60. The Bertz CT molecular complexity index is 648. The van der Waals surface area contributed by atoms with Gasteiger partial charge < -0.3 is 0 Å². The maximum Gasteiger partial charge on any atom is 0.0249 e. The molecule has 0 bridgehead atoms. The molecule has 0 atom stereocenters. The molecule has 0 aliphatic rings. The Morgan fingerprint density at radius 3 is 1.58 bits per heavy atom. The highest BCUT2D eigenvalue weighted by molar-refractivity contribution is 5.44. The summed E-state index contributed by atoms with van der Waals surface area (Å²) >= 11 is 0. The molecule has 0 unspecified atom stereocenters. The number of aryl methyl sites for hydroxylation is 2. The van der Waals surface area contributed by atoms with Crippen LogP contribution in [-0.2, 0) is 12.8 Å². The van der Waals surface area contributed by atoms with Crippen molar-refractivity contribution in [1.82, 2.24) is 0 Å². The van der Waals surface area contributed by atoms with Crippen LogP contribution in [0.1, 0.15) is 68.7 Å². The number of hydrogen-bond donors (Lipinski definition) is 0. The van der Waals surface area contributed by atoms with Gasteiger partial charge in [-0.2, -0.15) is 0 Å². The fourth-order valence-corrected chi connectivity index (χ4v) is 2.75. The summed E-state index contributed by atoms with van der Waals surface area (Å²) in [7, 11) is 0. The van der Waals surface area contributed by atoms with Crippen LogP contribution in [0.5, 0.6) is 0 Å². The molecule has 0 aromatic heterocycles. The Balaban J connectivity index is 1.90. The molecule has 0 amide bonds. The third-order valence-electron chi connectivity index (χ3n) is 4.32. The standard InChI is InChI=1S/C24H30/c1-4-5-8-21-10-14-23(15-11-21)18-19-24-16-12-22(13-17-24)9-6-7-20(2)3/h10-17,20H,4-9H2,1-3H3. The second-order valence-electron chi connectivity index (χ2n) is 7.03. The van der Waals surface area contributed by atoms with Crippen molar-refractivity contribution < 1.29 is 0 Å². The first kappa shape index (κ1) is 18.3. The summed E-state index contributed by atoms with van der Waals surface area (Å²) in [5, 5.41) is 0. The van der Waals surface area contributed by atoms with Crippen LogP contribution in [0.2, 0.25) is 0 Å². The first-order valence-electron chi connectivity index (χ1n) is 9.37. The molecule has 2 rings (SSSR count). The van der Waals surface area contributed by atoms with Gasteiger partial charge in [0, 0.05) is 11.1 Å². The first-order chi connectivity index (χ1) is 11.7. The quantitative estimate of drug-likeness (QED) is 0.518. The van der Waals surface area contributed by atoms with E-state index < -0.39 is 0 Å². The fraction of sp³-hybridized carbons (Fsp3) is 0.417. The molecule has 0 N–H and O–H groups in total. The van der Waals surface area contributed by atoms with Gasteiger partial charge in [0.15, 0.2) is 0 Å². The molecule has 0 heteroatoms. The van der Waals surface area contributed by atoms with Crippen molar-refractivity contribution in [3.05, 3.63) is 70.8 Å². The van der Waals surface area contributed by atoms with E-state index in [0.29, 0.717) is 0 Å². The van der Waals surface area contributed by atoms with Crippen LogP contribution >= 0.6 is 0 Å². The Hall–Kier alpha value is -2.00. The smallest absolute Gasteiger partial charge is 0.0249 e. The topological polar surface area (TPSA) is 0 Å². The highest BCUT2D eigenvalue weighted by Gasteiger charge is 1.97. The van der Waals surface area contributed by atoms with Crippen molar-refractivity contribution in [2.24, 2.45) is 5.92 Å². The molecule has 0 heterocycles. The van der Waals surface area contributed by atoms with Crippen LogP contribution in [0.15, 0.2) is 48.5 Å². The summed E-state index contributed by atoms with van der Waals surface area (Å²) in [6, 6.07) is 17.4. The van der Waals surface area contributed by atoms with Crippen LogP contribution < -0.4 is 0 Å². The summed E-state index contributed by atoms with van der Waals surface area (Å²) in [5.74, 6) is 7.34. The molecule has 126 valence electrons. The molecule has 2 aromatic rings. The van der Waals surface area contributed by atoms with Gasteiger partial charge in [0.1, 0.15) is 0 Å². The van der Waals surface area contributed by atoms with E-state index in [1.807, 2.05) is 0 Å². The summed E-state index contributed by atoms with van der Waals surface area (Å²) in [4.78, 5) is 0. The zero-order valence-corrected chi connectivity index (χ0v) is 15.4. The first-order valence-corrected chi connectivity index (χ1v) is 9.37. The Kier molecular flexibility index (Phi) is 7.63. The van der Waals surface area contributed by atoms with E-state index >= 15 is 0 Å². The lowest BCUT2D eigenvalue weighted by atomic mass is 10.0. The molecule has 0 fully saturated rings. The van der Waals surface area contributed by atoms with Gasteiger partial charge in [-0.1, -0.05) is 69.7 Å². The van der Waals surface area contributed by atoms with Crippen LogP contribution in [0.4, 0.5) is 0 Å². The van der Waals surface area contributed by atoms with Crippen LogP contribution in [-0.4, -0.2) is 0 Å². The van der Waals surface area contributed by atoms with E-state index in [2.05, 4.69) is 81.1 Å². The second-order valence-corrected chi connectivity index (χ2v) is 7.03. The van der Waals surface area contributed by atoms with E-state index in [1.54, 1.807) is 0 Å². The van der Waals surface area contributed by atoms with Gasteiger partial charge in [0.05, 0.1) is 0 Å². The molecule has 0 saturated heterocycles. The lowest BCUT2D eigenvalue weighted by Crippen LogP contribution is -1.91. The van der Waals surface area contributed by atoms with Gasteiger partial charge in [0.25, 0.3) is 0 Å². The predicted octanol–water partition coefficient (Wildman–Crippen LogP) is 6.41. The monoisotopic (exact) mass is 318 g/mol. The van der Waals surface area contributed by atoms with Crippen molar-refractivity contribution in [1.29, 1.82) is 0 Å².